The molecule has 0 aliphatic heterocycles. The molecule has 1 N–H and O–H groups in total. The zero-order valence-corrected chi connectivity index (χ0v) is 9.71. The molecule has 2 rings (SSSR count). The molecule has 0 saturated heterocycles. The van der Waals surface area contributed by atoms with E-state index in [9.17, 15) is 0 Å². The molecule has 0 fully saturated rings. The quantitative estimate of drug-likeness (QED) is 0.492. The van der Waals surface area contributed by atoms with E-state index in [0.717, 1.165) is 0 Å². The minimum absolute atomic E-state index is 0.572. The van der Waals surface area contributed by atoms with Crippen LogP contribution in [-0.2, 0) is 14.6 Å². The van der Waals surface area contributed by atoms with Gasteiger partial charge in [0.1, 0.15) is 0 Å². The van der Waals surface area contributed by atoms with Gasteiger partial charge < -0.3 is 5.73 Å². The fourth-order valence-electron chi connectivity index (χ4n) is 0.780. The molecule has 0 aromatic heterocycles. The van der Waals surface area contributed by atoms with Gasteiger partial charge in [-0.2, -0.15) is 36.4 Å². The molecule has 0 heterocycles. The first-order valence-corrected chi connectivity index (χ1v) is 5.55. The van der Waals surface area contributed by atoms with Gasteiger partial charge in [-0.1, -0.05) is 30.3 Å². The maximum Gasteiger partial charge on any atom is -0.0624 e. The van der Waals surface area contributed by atoms with Crippen molar-refractivity contribution in [3.05, 3.63) is 72.5 Å². The molecular weight excluding hydrogens is 252 g/mol. The van der Waals surface area contributed by atoms with Crippen LogP contribution in [0.4, 0.5) is 5.69 Å². The topological polar surface area (TPSA) is 23.8 Å². The van der Waals surface area contributed by atoms with Gasteiger partial charge in [-0.3, -0.25) is 0 Å². The Bertz CT molecular complexity index is 286. The molecule has 0 aliphatic carbocycles. The Balaban J connectivity index is 0.000000227. The summed E-state index contributed by atoms with van der Waals surface area (Å²) in [5.74, 6) is 0. The van der Waals surface area contributed by atoms with Gasteiger partial charge in [-0.25, -0.2) is 0 Å². The average Bonchev–Trinajstić information content (AvgIpc) is 2.36. The first-order chi connectivity index (χ1) is 7.39. The summed E-state index contributed by atoms with van der Waals surface area (Å²) in [5.41, 5.74) is 7.57. The van der Waals surface area contributed by atoms with E-state index in [1.54, 1.807) is 12.1 Å². The van der Waals surface area contributed by atoms with Crippen LogP contribution in [0.15, 0.2) is 60.7 Å². The first-order valence-electron chi connectivity index (χ1n) is 4.19. The monoisotopic (exact) mass is 262 g/mol. The zero-order chi connectivity index (χ0) is 11.4. The predicted molar refractivity (Wildman–Crippen MR) is 61.6 cm³/mol. The number of hydrogen-bond donors (Lipinski definition) is 0. The molecule has 0 atom stereocenters. The van der Waals surface area contributed by atoms with Gasteiger partial charge in [0.25, 0.3) is 0 Å². The Morgan fingerprint density at radius 3 is 1.53 bits per heavy atom. The Labute approximate surface area is 103 Å². The van der Waals surface area contributed by atoms with Gasteiger partial charge in [0.2, 0.25) is 0 Å². The Kier molecular flexibility index (Phi) is 10.4. The van der Waals surface area contributed by atoms with Crippen LogP contribution < -0.4 is 0 Å². The summed E-state index contributed by atoms with van der Waals surface area (Å²) < 4.78 is 0. The molecule has 2 aromatic rings. The number of benzene rings is 2. The maximum absolute atomic E-state index is 7.00. The van der Waals surface area contributed by atoms with Crippen LogP contribution in [0.5, 0.6) is 0 Å². The smallest absolute Gasteiger partial charge is 0.0624 e. The van der Waals surface area contributed by atoms with E-state index in [1.165, 1.54) is 0 Å². The summed E-state index contributed by atoms with van der Waals surface area (Å²) in [5, 5.41) is 0. The number of rotatable bonds is 0. The van der Waals surface area contributed by atoms with E-state index in [4.69, 9.17) is 5.73 Å². The summed E-state index contributed by atoms with van der Waals surface area (Å²) in [6.45, 7) is 0. The second kappa shape index (κ2) is 11.1. The minimum atomic E-state index is 0.572. The van der Waals surface area contributed by atoms with E-state index >= 15 is 0 Å². The second-order valence-corrected chi connectivity index (χ2v) is 2.44. The summed E-state index contributed by atoms with van der Waals surface area (Å²) in [6, 6.07) is 21.6. The van der Waals surface area contributed by atoms with Crippen LogP contribution >= 0.6 is 10.2 Å². The molecule has 0 aliphatic rings. The van der Waals surface area contributed by atoms with Crippen LogP contribution in [0.25, 0.3) is 5.73 Å². The molecule has 0 unspecified atom stereocenters. The average molecular weight is 263 g/mol. The maximum atomic E-state index is 7.00. The van der Waals surface area contributed by atoms with E-state index in [2.05, 4.69) is 30.8 Å². The third-order valence-corrected chi connectivity index (χ3v) is 1.38. The van der Waals surface area contributed by atoms with Crippen LogP contribution in [0, 0.1) is 6.07 Å². The van der Waals surface area contributed by atoms with E-state index in [1.807, 2.05) is 48.5 Å². The summed E-state index contributed by atoms with van der Waals surface area (Å²) >= 11 is 3.35. The van der Waals surface area contributed by atoms with Gasteiger partial charge in [-0.05, 0) is 0 Å². The van der Waals surface area contributed by atoms with Crippen molar-refractivity contribution in [2.24, 2.45) is 0 Å². The minimum Gasteiger partial charge on any atom is -0.699 e. The Morgan fingerprint density at radius 2 is 1.33 bits per heavy atom. The van der Waals surface area contributed by atoms with Crippen LogP contribution in [-0.4, -0.2) is 0 Å². The molecule has 3 heteroatoms. The standard InChI is InChI=1S/C6H6N.C6H5.ClH.Ni/c7-6-4-2-1-3-5-6;1-2-4-6-5-3-1;;/h1-5,7H;1-5H;1H;/q2*-1;;+1/p-1. The van der Waals surface area contributed by atoms with Crippen molar-refractivity contribution in [2.45, 2.75) is 0 Å². The van der Waals surface area contributed by atoms with Crippen molar-refractivity contribution in [3.8, 4) is 0 Å². The fraction of sp³-hybridized carbons (Fsp3) is 0. The SMILES string of the molecule is [Cl][Ni].[NH-]c1ccccc1.[c-]1ccccc1. The van der Waals surface area contributed by atoms with Crippen molar-refractivity contribution in [1.29, 1.82) is 0 Å². The second-order valence-electron chi connectivity index (χ2n) is 2.44. The van der Waals surface area contributed by atoms with Crippen LogP contribution in [0.2, 0.25) is 0 Å². The predicted octanol–water partition coefficient (Wildman–Crippen LogP) is 4.54. The molecule has 2 aromatic carbocycles. The molecular formula is C12H11ClNNi-2. The van der Waals surface area contributed by atoms with Crippen molar-refractivity contribution in [1.82, 2.24) is 0 Å². The van der Waals surface area contributed by atoms with Gasteiger partial charge in [-0.15, -0.1) is 5.69 Å². The largest absolute Gasteiger partial charge is 0.699 e. The van der Waals surface area contributed by atoms with E-state index in [0.29, 0.717) is 5.69 Å². The molecule has 15 heavy (non-hydrogen) atoms. The Morgan fingerprint density at radius 1 is 0.867 bits per heavy atom. The third kappa shape index (κ3) is 9.33. The summed E-state index contributed by atoms with van der Waals surface area (Å²) in [4.78, 5) is 0. The molecule has 0 radical (unpaired) electrons. The van der Waals surface area contributed by atoms with Crippen molar-refractivity contribution in [3.63, 3.8) is 0 Å². The number of halogens is 1. The number of nitrogens with one attached hydrogen (secondary N) is 1. The van der Waals surface area contributed by atoms with Crippen LogP contribution in [0.3, 0.4) is 0 Å². The Hall–Kier alpha value is -0.976. The molecule has 0 saturated carbocycles. The van der Waals surface area contributed by atoms with Gasteiger partial charge in [0.15, 0.2) is 0 Å². The molecule has 83 valence electrons. The summed E-state index contributed by atoms with van der Waals surface area (Å²) in [6.07, 6.45) is 0. The fourth-order valence-corrected chi connectivity index (χ4v) is 0.780. The molecule has 0 bridgehead atoms. The van der Waals surface area contributed by atoms with Crippen molar-refractivity contribution in [2.75, 3.05) is 0 Å². The van der Waals surface area contributed by atoms with E-state index < -0.39 is 0 Å². The zero-order valence-electron chi connectivity index (χ0n) is 7.97. The van der Waals surface area contributed by atoms with Gasteiger partial charge in [0, 0.05) is 0 Å². The first kappa shape index (κ1) is 14.0. The summed E-state index contributed by atoms with van der Waals surface area (Å²) in [7, 11) is 4.26. The van der Waals surface area contributed by atoms with E-state index in [-0.39, 0.29) is 0 Å². The molecule has 0 amide bonds. The van der Waals surface area contributed by atoms with Crippen molar-refractivity contribution >= 4 is 15.9 Å². The molecule has 0 spiro atoms. The van der Waals surface area contributed by atoms with Gasteiger partial charge >= 0.3 is 24.8 Å². The van der Waals surface area contributed by atoms with Gasteiger partial charge in [0.05, 0.1) is 0 Å². The third-order valence-electron chi connectivity index (χ3n) is 1.38. The van der Waals surface area contributed by atoms with Crippen molar-refractivity contribution < 1.29 is 14.6 Å². The van der Waals surface area contributed by atoms with Crippen LogP contribution in [0.1, 0.15) is 0 Å². The molecule has 1 nitrogen and oxygen atoms in total. The number of hydrogen-bond acceptors (Lipinski definition) is 0. The normalized spacial score (nSPS) is 7.67.